The summed E-state index contributed by atoms with van der Waals surface area (Å²) in [6.07, 6.45) is 0. The predicted octanol–water partition coefficient (Wildman–Crippen LogP) is 6.21. The zero-order chi connectivity index (χ0) is 21.6. The maximum Gasteiger partial charge on any atom is 0.237 e. The Kier molecular flexibility index (Phi) is 6.59. The molecule has 0 saturated carbocycles. The average molecular weight is 451 g/mol. The van der Waals surface area contributed by atoms with Crippen molar-refractivity contribution in [3.05, 3.63) is 84.7 Å². The molecule has 2 N–H and O–H groups in total. The molecular formula is C23H19FN4OS2. The SMILES string of the molecule is C[C@H](Sc1nnc(Nc2ccccc2F)s1)C(=O)Nc1ccccc1-c1ccccc1. The van der Waals surface area contributed by atoms with Gasteiger partial charge in [-0.05, 0) is 30.7 Å². The van der Waals surface area contributed by atoms with Crippen LogP contribution in [0.4, 0.5) is 20.9 Å². The number of para-hydroxylation sites is 2. The van der Waals surface area contributed by atoms with Gasteiger partial charge in [-0.1, -0.05) is 83.8 Å². The Balaban J connectivity index is 1.41. The minimum Gasteiger partial charge on any atom is -0.328 e. The third kappa shape index (κ3) is 5.28. The van der Waals surface area contributed by atoms with Gasteiger partial charge in [0.15, 0.2) is 4.34 Å². The van der Waals surface area contributed by atoms with Crippen LogP contribution in [-0.4, -0.2) is 21.4 Å². The number of hydrogen-bond donors (Lipinski definition) is 2. The van der Waals surface area contributed by atoms with Crippen LogP contribution in [-0.2, 0) is 4.79 Å². The highest BCUT2D eigenvalue weighted by Crippen LogP contribution is 2.32. The molecule has 1 atom stereocenters. The van der Waals surface area contributed by atoms with Gasteiger partial charge in [0.1, 0.15) is 5.82 Å². The standard InChI is InChI=1S/C23H19FN4OS2/c1-15(30-23-28-27-22(31-23)26-20-14-8-6-12-18(20)24)21(29)25-19-13-7-5-11-17(19)16-9-3-2-4-10-16/h2-15H,1H3,(H,25,29)(H,26,27)/t15-/m0/s1. The van der Waals surface area contributed by atoms with Crippen LogP contribution in [0.15, 0.2) is 83.2 Å². The van der Waals surface area contributed by atoms with Crippen molar-refractivity contribution >= 4 is 45.5 Å². The van der Waals surface area contributed by atoms with Crippen molar-refractivity contribution in [3.63, 3.8) is 0 Å². The first-order valence-corrected chi connectivity index (χ1v) is 11.3. The van der Waals surface area contributed by atoms with Gasteiger partial charge < -0.3 is 10.6 Å². The van der Waals surface area contributed by atoms with E-state index < -0.39 is 5.25 Å². The maximum atomic E-state index is 13.8. The monoisotopic (exact) mass is 450 g/mol. The van der Waals surface area contributed by atoms with E-state index >= 15 is 0 Å². The Morgan fingerprint density at radius 2 is 1.61 bits per heavy atom. The molecule has 8 heteroatoms. The van der Waals surface area contributed by atoms with Crippen molar-refractivity contribution in [2.45, 2.75) is 16.5 Å². The highest BCUT2D eigenvalue weighted by atomic mass is 32.2. The summed E-state index contributed by atoms with van der Waals surface area (Å²) in [7, 11) is 0. The Bertz CT molecular complexity index is 1180. The zero-order valence-electron chi connectivity index (χ0n) is 16.6. The molecule has 1 aromatic heterocycles. The van der Waals surface area contributed by atoms with Gasteiger partial charge in [0.25, 0.3) is 0 Å². The number of benzene rings is 3. The van der Waals surface area contributed by atoms with E-state index in [4.69, 9.17) is 0 Å². The summed E-state index contributed by atoms with van der Waals surface area (Å²) in [5.74, 6) is -0.496. The number of hydrogen-bond acceptors (Lipinski definition) is 6. The molecular weight excluding hydrogens is 431 g/mol. The quantitative estimate of drug-likeness (QED) is 0.328. The average Bonchev–Trinajstić information content (AvgIpc) is 3.23. The normalized spacial score (nSPS) is 11.7. The molecule has 0 aliphatic carbocycles. The number of nitrogens with one attached hydrogen (secondary N) is 2. The van der Waals surface area contributed by atoms with Crippen molar-refractivity contribution in [1.82, 2.24) is 10.2 Å². The largest absolute Gasteiger partial charge is 0.328 e. The van der Waals surface area contributed by atoms with Crippen molar-refractivity contribution in [1.29, 1.82) is 0 Å². The summed E-state index contributed by atoms with van der Waals surface area (Å²) in [4.78, 5) is 12.8. The van der Waals surface area contributed by atoms with Crippen molar-refractivity contribution in [2.24, 2.45) is 0 Å². The molecule has 156 valence electrons. The first-order valence-electron chi connectivity index (χ1n) is 9.57. The van der Waals surface area contributed by atoms with Crippen LogP contribution in [0.3, 0.4) is 0 Å². The van der Waals surface area contributed by atoms with Crippen molar-refractivity contribution in [2.75, 3.05) is 10.6 Å². The topological polar surface area (TPSA) is 66.9 Å². The summed E-state index contributed by atoms with van der Waals surface area (Å²) in [5.41, 5.74) is 3.08. The molecule has 31 heavy (non-hydrogen) atoms. The third-order valence-electron chi connectivity index (χ3n) is 4.44. The number of anilines is 3. The molecule has 4 aromatic rings. The van der Waals surface area contributed by atoms with E-state index in [0.717, 1.165) is 16.8 Å². The molecule has 0 aliphatic rings. The number of carbonyl (C=O) groups is 1. The summed E-state index contributed by atoms with van der Waals surface area (Å²) < 4.78 is 14.4. The van der Waals surface area contributed by atoms with Gasteiger partial charge in [0.05, 0.1) is 10.9 Å². The predicted molar refractivity (Wildman–Crippen MR) is 125 cm³/mol. The number of thioether (sulfide) groups is 1. The van der Waals surface area contributed by atoms with Crippen LogP contribution in [0.2, 0.25) is 0 Å². The first-order chi connectivity index (χ1) is 15.1. The van der Waals surface area contributed by atoms with Crippen LogP contribution in [0.25, 0.3) is 11.1 Å². The van der Waals surface area contributed by atoms with E-state index in [2.05, 4.69) is 20.8 Å². The number of halogens is 1. The molecule has 5 nitrogen and oxygen atoms in total. The molecule has 0 unspecified atom stereocenters. The van der Waals surface area contributed by atoms with Crippen LogP contribution >= 0.6 is 23.1 Å². The second-order valence-corrected chi connectivity index (χ2v) is 9.20. The smallest absolute Gasteiger partial charge is 0.237 e. The molecule has 0 saturated heterocycles. The van der Waals surface area contributed by atoms with Crippen LogP contribution < -0.4 is 10.6 Å². The molecule has 3 aromatic carbocycles. The lowest BCUT2D eigenvalue weighted by molar-refractivity contribution is -0.115. The molecule has 0 radical (unpaired) electrons. The third-order valence-corrected chi connectivity index (χ3v) is 6.46. The van der Waals surface area contributed by atoms with Gasteiger partial charge in [-0.25, -0.2) is 4.39 Å². The Morgan fingerprint density at radius 1 is 0.935 bits per heavy atom. The second kappa shape index (κ2) is 9.72. The molecule has 0 bridgehead atoms. The summed E-state index contributed by atoms with van der Waals surface area (Å²) >= 11 is 2.58. The van der Waals surface area contributed by atoms with E-state index in [1.54, 1.807) is 18.2 Å². The minimum absolute atomic E-state index is 0.132. The van der Waals surface area contributed by atoms with Gasteiger partial charge in [0, 0.05) is 11.3 Å². The van der Waals surface area contributed by atoms with Crippen LogP contribution in [0.1, 0.15) is 6.92 Å². The summed E-state index contributed by atoms with van der Waals surface area (Å²) in [6.45, 7) is 1.82. The Hall–Kier alpha value is -3.23. The molecule has 0 fully saturated rings. The summed E-state index contributed by atoms with van der Waals surface area (Å²) in [5, 5.41) is 14.2. The number of rotatable bonds is 7. The highest BCUT2D eigenvalue weighted by molar-refractivity contribution is 8.02. The van der Waals surface area contributed by atoms with Gasteiger partial charge >= 0.3 is 0 Å². The van der Waals surface area contributed by atoms with Crippen molar-refractivity contribution < 1.29 is 9.18 Å². The van der Waals surface area contributed by atoms with Crippen LogP contribution in [0, 0.1) is 5.82 Å². The maximum absolute atomic E-state index is 13.8. The minimum atomic E-state index is -0.391. The lowest BCUT2D eigenvalue weighted by Crippen LogP contribution is -2.22. The van der Waals surface area contributed by atoms with E-state index in [0.29, 0.717) is 15.2 Å². The van der Waals surface area contributed by atoms with Gasteiger partial charge in [-0.15, -0.1) is 10.2 Å². The number of carbonyl (C=O) groups excluding carboxylic acids is 1. The molecule has 1 heterocycles. The Morgan fingerprint density at radius 3 is 2.39 bits per heavy atom. The van der Waals surface area contributed by atoms with E-state index in [1.807, 2.05) is 61.5 Å². The number of nitrogens with zero attached hydrogens (tertiary/aromatic N) is 2. The van der Waals surface area contributed by atoms with E-state index in [1.165, 1.54) is 29.2 Å². The van der Waals surface area contributed by atoms with E-state index in [-0.39, 0.29) is 11.7 Å². The Labute approximate surface area is 187 Å². The van der Waals surface area contributed by atoms with E-state index in [9.17, 15) is 9.18 Å². The lowest BCUT2D eigenvalue weighted by Gasteiger charge is -2.14. The fourth-order valence-corrected chi connectivity index (χ4v) is 4.79. The highest BCUT2D eigenvalue weighted by Gasteiger charge is 2.19. The number of amides is 1. The summed E-state index contributed by atoms with van der Waals surface area (Å²) in [6, 6.07) is 24.0. The fraction of sp³-hybridized carbons (Fsp3) is 0.0870. The molecule has 1 amide bonds. The van der Waals surface area contributed by atoms with Gasteiger partial charge in [0.2, 0.25) is 11.0 Å². The van der Waals surface area contributed by atoms with Gasteiger partial charge in [-0.3, -0.25) is 4.79 Å². The molecule has 0 aliphatic heterocycles. The van der Waals surface area contributed by atoms with Crippen LogP contribution in [0.5, 0.6) is 0 Å². The molecule has 4 rings (SSSR count). The second-order valence-electron chi connectivity index (χ2n) is 6.64. The molecule has 0 spiro atoms. The lowest BCUT2D eigenvalue weighted by atomic mass is 10.0. The fourth-order valence-electron chi connectivity index (χ4n) is 2.89. The first kappa shape index (κ1) is 21.0. The number of aromatic nitrogens is 2. The van der Waals surface area contributed by atoms with Crippen molar-refractivity contribution in [3.8, 4) is 11.1 Å². The van der Waals surface area contributed by atoms with Gasteiger partial charge in [-0.2, -0.15) is 0 Å². The zero-order valence-corrected chi connectivity index (χ0v) is 18.2.